The zero-order valence-corrected chi connectivity index (χ0v) is 55.5. The average Bonchev–Trinajstić information content (AvgIpc) is 3.49. The molecule has 0 spiro atoms. The Balaban J connectivity index is 4.39. The van der Waals surface area contributed by atoms with Gasteiger partial charge in [0.15, 0.2) is 6.10 Å². The topological polar surface area (TPSA) is 78.9 Å². The standard InChI is InChI=1S/C77H138O6/c1-4-7-10-13-16-19-22-25-28-31-34-37-38-41-43-46-49-52-55-58-61-64-67-70-76(79)82-73-74(83-77(80)71-68-65-62-59-56-53-50-47-44-40-36-33-30-27-24-21-18-15-12-9-6-3)72-81-75(78)69-66-63-60-57-54-51-48-45-42-39-35-32-29-26-23-20-17-14-11-8-5-2/h22,24-25,27,31,33-34,36,38,41,44,47,74H,4-21,23,26,28-30,32,35,37,39-40,42-43,45-46,48-73H2,1-3H3/b25-22-,27-24-,34-31-,36-33-,41-38-,47-44-. The molecule has 0 aliphatic heterocycles. The number of unbranched alkanes of at least 4 members (excludes halogenated alkanes) is 44. The van der Waals surface area contributed by atoms with E-state index < -0.39 is 6.10 Å². The van der Waals surface area contributed by atoms with Crippen molar-refractivity contribution in [1.82, 2.24) is 0 Å². The van der Waals surface area contributed by atoms with Gasteiger partial charge in [-0.15, -0.1) is 0 Å². The molecule has 0 aliphatic rings. The molecule has 0 amide bonds. The molecule has 0 aliphatic carbocycles. The first-order valence-electron chi connectivity index (χ1n) is 36.4. The molecule has 0 saturated heterocycles. The van der Waals surface area contributed by atoms with Crippen LogP contribution in [0.25, 0.3) is 0 Å². The highest BCUT2D eigenvalue weighted by Crippen LogP contribution is 2.18. The van der Waals surface area contributed by atoms with E-state index >= 15 is 0 Å². The van der Waals surface area contributed by atoms with Gasteiger partial charge in [-0.3, -0.25) is 14.4 Å². The van der Waals surface area contributed by atoms with E-state index in [2.05, 4.69) is 93.7 Å². The molecule has 0 bridgehead atoms. The van der Waals surface area contributed by atoms with Crippen molar-refractivity contribution < 1.29 is 28.6 Å². The summed E-state index contributed by atoms with van der Waals surface area (Å²) in [5, 5.41) is 0. The second-order valence-electron chi connectivity index (χ2n) is 24.5. The summed E-state index contributed by atoms with van der Waals surface area (Å²) < 4.78 is 17.0. The fraction of sp³-hybridized carbons (Fsp3) is 0.805. The summed E-state index contributed by atoms with van der Waals surface area (Å²) in [4.78, 5) is 38.5. The van der Waals surface area contributed by atoms with Gasteiger partial charge in [-0.05, 0) is 96.3 Å². The molecule has 0 N–H and O–H groups in total. The molecule has 0 saturated carbocycles. The third kappa shape index (κ3) is 69.5. The SMILES string of the molecule is CCCCCCC/C=C\C/C=C\C/C=C\CCCCCCCCCCC(=O)OCC(COC(=O)CCCCCCCCCCCCCCCCCCCCCCC)OC(=O)CCCCCCCC/C=C\C/C=C\C/C=C\CCCCCCC. The predicted octanol–water partition coefficient (Wildman–Crippen LogP) is 25.2. The van der Waals surface area contributed by atoms with E-state index in [9.17, 15) is 14.4 Å². The van der Waals surface area contributed by atoms with Crippen LogP contribution in [0.4, 0.5) is 0 Å². The van der Waals surface area contributed by atoms with Crippen LogP contribution >= 0.6 is 0 Å². The molecule has 0 fully saturated rings. The highest BCUT2D eigenvalue weighted by Gasteiger charge is 2.19. The zero-order chi connectivity index (χ0) is 59.9. The lowest BCUT2D eigenvalue weighted by molar-refractivity contribution is -0.167. The van der Waals surface area contributed by atoms with Crippen molar-refractivity contribution in [1.29, 1.82) is 0 Å². The maximum atomic E-state index is 13.0. The number of carbonyl (C=O) groups excluding carboxylic acids is 3. The van der Waals surface area contributed by atoms with Crippen LogP contribution in [0.3, 0.4) is 0 Å². The van der Waals surface area contributed by atoms with E-state index in [-0.39, 0.29) is 31.1 Å². The lowest BCUT2D eigenvalue weighted by Gasteiger charge is -2.18. The first kappa shape index (κ1) is 79.8. The Kier molecular flexibility index (Phi) is 68.6. The highest BCUT2D eigenvalue weighted by atomic mass is 16.6. The first-order chi connectivity index (χ1) is 41.0. The lowest BCUT2D eigenvalue weighted by atomic mass is 10.0. The van der Waals surface area contributed by atoms with Gasteiger partial charge in [-0.2, -0.15) is 0 Å². The van der Waals surface area contributed by atoms with Crippen LogP contribution in [0.2, 0.25) is 0 Å². The summed E-state index contributed by atoms with van der Waals surface area (Å²) in [6.45, 7) is 6.67. The van der Waals surface area contributed by atoms with Crippen LogP contribution in [0.1, 0.15) is 380 Å². The molecular formula is C77H138O6. The number of allylic oxidation sites excluding steroid dienone is 12. The first-order valence-corrected chi connectivity index (χ1v) is 36.4. The summed E-state index contributed by atoms with van der Waals surface area (Å²) in [7, 11) is 0. The molecule has 0 aromatic carbocycles. The quantitative estimate of drug-likeness (QED) is 0.0261. The van der Waals surface area contributed by atoms with Crippen molar-refractivity contribution in [3.8, 4) is 0 Å². The van der Waals surface area contributed by atoms with E-state index in [1.54, 1.807) is 0 Å². The minimum Gasteiger partial charge on any atom is -0.462 e. The molecule has 0 radical (unpaired) electrons. The number of esters is 3. The molecule has 1 unspecified atom stereocenters. The number of hydrogen-bond donors (Lipinski definition) is 0. The zero-order valence-electron chi connectivity index (χ0n) is 55.5. The monoisotopic (exact) mass is 1160 g/mol. The average molecular weight is 1160 g/mol. The van der Waals surface area contributed by atoms with Gasteiger partial charge in [0.2, 0.25) is 0 Å². The largest absolute Gasteiger partial charge is 0.462 e. The minimum atomic E-state index is -0.787. The van der Waals surface area contributed by atoms with E-state index in [0.717, 1.165) is 103 Å². The van der Waals surface area contributed by atoms with Crippen molar-refractivity contribution in [2.45, 2.75) is 386 Å². The van der Waals surface area contributed by atoms with Crippen LogP contribution < -0.4 is 0 Å². The molecule has 0 aromatic rings. The van der Waals surface area contributed by atoms with Crippen LogP contribution in [0.15, 0.2) is 72.9 Å². The molecule has 6 nitrogen and oxygen atoms in total. The van der Waals surface area contributed by atoms with E-state index in [4.69, 9.17) is 14.2 Å². The van der Waals surface area contributed by atoms with Gasteiger partial charge >= 0.3 is 17.9 Å². The van der Waals surface area contributed by atoms with Gasteiger partial charge in [-0.1, -0.05) is 338 Å². The van der Waals surface area contributed by atoms with E-state index in [1.165, 1.54) is 238 Å². The van der Waals surface area contributed by atoms with Gasteiger partial charge in [0.1, 0.15) is 13.2 Å². The molecule has 0 heterocycles. The Hall–Kier alpha value is -3.15. The van der Waals surface area contributed by atoms with Crippen molar-refractivity contribution in [3.63, 3.8) is 0 Å². The van der Waals surface area contributed by atoms with Gasteiger partial charge < -0.3 is 14.2 Å². The molecule has 0 aromatic heterocycles. The summed E-state index contributed by atoms with van der Waals surface area (Å²) in [6, 6.07) is 0. The molecule has 482 valence electrons. The minimum absolute atomic E-state index is 0.0798. The lowest BCUT2D eigenvalue weighted by Crippen LogP contribution is -2.30. The normalized spacial score (nSPS) is 12.5. The number of ether oxygens (including phenoxy) is 3. The second kappa shape index (κ2) is 71.3. The van der Waals surface area contributed by atoms with Crippen molar-refractivity contribution in [2.24, 2.45) is 0 Å². The van der Waals surface area contributed by atoms with Crippen LogP contribution in [-0.4, -0.2) is 37.2 Å². The van der Waals surface area contributed by atoms with Gasteiger partial charge in [-0.25, -0.2) is 0 Å². The Morgan fingerprint density at radius 1 is 0.241 bits per heavy atom. The Morgan fingerprint density at radius 3 is 0.675 bits per heavy atom. The van der Waals surface area contributed by atoms with E-state index in [0.29, 0.717) is 19.3 Å². The summed E-state index contributed by atoms with van der Waals surface area (Å²) in [5.74, 6) is -0.876. The van der Waals surface area contributed by atoms with Gasteiger partial charge in [0.25, 0.3) is 0 Å². The highest BCUT2D eigenvalue weighted by molar-refractivity contribution is 5.71. The van der Waals surface area contributed by atoms with Crippen molar-refractivity contribution >= 4 is 17.9 Å². The second-order valence-corrected chi connectivity index (χ2v) is 24.5. The van der Waals surface area contributed by atoms with Gasteiger partial charge in [0, 0.05) is 19.3 Å². The fourth-order valence-electron chi connectivity index (χ4n) is 10.7. The Bertz CT molecular complexity index is 1520. The summed E-state index contributed by atoms with van der Waals surface area (Å²) in [6.07, 6.45) is 93.5. The molecule has 83 heavy (non-hydrogen) atoms. The number of hydrogen-bond acceptors (Lipinski definition) is 6. The Labute approximate surface area is 516 Å². The number of rotatable bonds is 67. The maximum absolute atomic E-state index is 13.0. The molecule has 0 rings (SSSR count). The van der Waals surface area contributed by atoms with Crippen molar-refractivity contribution in [2.75, 3.05) is 13.2 Å². The van der Waals surface area contributed by atoms with Gasteiger partial charge in [0.05, 0.1) is 0 Å². The number of carbonyl (C=O) groups is 3. The maximum Gasteiger partial charge on any atom is 0.306 e. The van der Waals surface area contributed by atoms with Crippen molar-refractivity contribution in [3.05, 3.63) is 72.9 Å². The van der Waals surface area contributed by atoms with E-state index in [1.807, 2.05) is 0 Å². The molecular weight excluding hydrogens is 1020 g/mol. The van der Waals surface area contributed by atoms with Crippen LogP contribution in [-0.2, 0) is 28.6 Å². The van der Waals surface area contributed by atoms with Crippen LogP contribution in [0, 0.1) is 0 Å². The Morgan fingerprint density at radius 2 is 0.434 bits per heavy atom. The fourth-order valence-corrected chi connectivity index (χ4v) is 10.7. The molecule has 1 atom stereocenters. The summed E-state index contributed by atoms with van der Waals surface area (Å²) >= 11 is 0. The smallest absolute Gasteiger partial charge is 0.306 e. The third-order valence-corrected chi connectivity index (χ3v) is 16.2. The van der Waals surface area contributed by atoms with Crippen LogP contribution in [0.5, 0.6) is 0 Å². The summed E-state index contributed by atoms with van der Waals surface area (Å²) in [5.41, 5.74) is 0. The molecule has 6 heteroatoms. The predicted molar refractivity (Wildman–Crippen MR) is 362 cm³/mol. The third-order valence-electron chi connectivity index (χ3n) is 16.2.